The summed E-state index contributed by atoms with van der Waals surface area (Å²) in [5.41, 5.74) is 2.76. The fourth-order valence-corrected chi connectivity index (χ4v) is 4.09. The molecule has 1 atom stereocenters. The number of rotatable bonds is 4. The largest absolute Gasteiger partial charge is 0.353 e. The molecule has 0 unspecified atom stereocenters. The Morgan fingerprint density at radius 3 is 2.44 bits per heavy atom. The van der Waals surface area contributed by atoms with E-state index in [4.69, 9.17) is 0 Å². The predicted octanol–water partition coefficient (Wildman–Crippen LogP) is 4.00. The second-order valence-corrected chi connectivity index (χ2v) is 7.50. The number of hydrogen-bond donors (Lipinski definition) is 0. The minimum absolute atomic E-state index is 0.317. The fraction of sp³-hybridized carbons (Fsp3) is 0.391. The van der Waals surface area contributed by atoms with Crippen molar-refractivity contribution in [1.29, 1.82) is 0 Å². The Balaban J connectivity index is 1.26. The molecule has 0 radical (unpaired) electrons. The summed E-state index contributed by atoms with van der Waals surface area (Å²) in [6, 6.07) is 16.6. The Bertz CT molecular complexity index is 780. The van der Waals surface area contributed by atoms with Crippen LogP contribution in [0.3, 0.4) is 0 Å². The van der Waals surface area contributed by atoms with Crippen molar-refractivity contribution in [2.45, 2.75) is 25.7 Å². The summed E-state index contributed by atoms with van der Waals surface area (Å²) >= 11 is 0. The third-order valence-electron chi connectivity index (χ3n) is 5.73. The smallest absolute Gasteiger partial charge is 0.222 e. The zero-order chi connectivity index (χ0) is 18.5. The number of piperazine rings is 1. The number of pyridine rings is 1. The molecule has 0 saturated carbocycles. The van der Waals surface area contributed by atoms with E-state index >= 15 is 0 Å². The molecule has 2 heterocycles. The Morgan fingerprint density at radius 1 is 1.00 bits per heavy atom. The number of amides is 1. The quantitative estimate of drug-likeness (QED) is 0.826. The highest BCUT2D eigenvalue weighted by atomic mass is 16.2. The highest BCUT2D eigenvalue weighted by Gasteiger charge is 2.25. The average molecular weight is 361 g/mol. The van der Waals surface area contributed by atoms with Gasteiger partial charge in [0.2, 0.25) is 5.91 Å². The third kappa shape index (κ3) is 4.38. The lowest BCUT2D eigenvalue weighted by Gasteiger charge is -2.36. The van der Waals surface area contributed by atoms with Crippen molar-refractivity contribution in [2.75, 3.05) is 31.1 Å². The van der Waals surface area contributed by atoms with E-state index in [-0.39, 0.29) is 0 Å². The summed E-state index contributed by atoms with van der Waals surface area (Å²) in [4.78, 5) is 21.4. The van der Waals surface area contributed by atoms with Gasteiger partial charge in [0.25, 0.3) is 0 Å². The number of aromatic nitrogens is 1. The molecule has 4 heteroatoms. The second-order valence-electron chi connectivity index (χ2n) is 7.50. The van der Waals surface area contributed by atoms with Crippen LogP contribution in [0, 0.1) is 5.92 Å². The van der Waals surface area contributed by atoms with Crippen LogP contribution in [-0.2, 0) is 4.79 Å². The molecule has 1 amide bonds. The monoisotopic (exact) mass is 361 g/mol. The SMILES string of the molecule is O=C(C[C@@H]1CC=C(c2ccccc2)CC1)N1CCN(c2ccccn2)CC1. The first-order valence-electron chi connectivity index (χ1n) is 9.98. The van der Waals surface area contributed by atoms with Crippen molar-refractivity contribution in [3.8, 4) is 0 Å². The van der Waals surface area contributed by atoms with Crippen LogP contribution >= 0.6 is 0 Å². The molecule has 2 aliphatic rings. The Labute approximate surface area is 161 Å². The number of anilines is 1. The molecule has 1 fully saturated rings. The lowest BCUT2D eigenvalue weighted by molar-refractivity contribution is -0.132. The molecule has 1 saturated heterocycles. The van der Waals surface area contributed by atoms with Crippen LogP contribution in [-0.4, -0.2) is 42.0 Å². The molecule has 1 aliphatic heterocycles. The number of benzene rings is 1. The van der Waals surface area contributed by atoms with Crippen molar-refractivity contribution in [3.63, 3.8) is 0 Å². The summed E-state index contributed by atoms with van der Waals surface area (Å²) < 4.78 is 0. The molecule has 27 heavy (non-hydrogen) atoms. The number of hydrogen-bond acceptors (Lipinski definition) is 3. The van der Waals surface area contributed by atoms with Gasteiger partial charge in [-0.1, -0.05) is 42.5 Å². The van der Waals surface area contributed by atoms with Gasteiger partial charge in [0.15, 0.2) is 0 Å². The number of allylic oxidation sites excluding steroid dienone is 2. The fourth-order valence-electron chi connectivity index (χ4n) is 4.09. The van der Waals surface area contributed by atoms with E-state index < -0.39 is 0 Å². The minimum Gasteiger partial charge on any atom is -0.353 e. The Hall–Kier alpha value is -2.62. The van der Waals surface area contributed by atoms with Crippen molar-refractivity contribution >= 4 is 17.3 Å². The van der Waals surface area contributed by atoms with Gasteiger partial charge in [-0.3, -0.25) is 4.79 Å². The van der Waals surface area contributed by atoms with Crippen LogP contribution in [0.1, 0.15) is 31.2 Å². The maximum absolute atomic E-state index is 12.7. The average Bonchev–Trinajstić information content (AvgIpc) is 2.76. The lowest BCUT2D eigenvalue weighted by Crippen LogP contribution is -2.49. The summed E-state index contributed by atoms with van der Waals surface area (Å²) in [6.07, 6.45) is 8.06. The van der Waals surface area contributed by atoms with Crippen LogP contribution in [0.5, 0.6) is 0 Å². The second kappa shape index (κ2) is 8.38. The molecule has 4 rings (SSSR count). The first kappa shape index (κ1) is 17.8. The number of carbonyl (C=O) groups is 1. The summed E-state index contributed by atoms with van der Waals surface area (Å²) in [6.45, 7) is 3.33. The van der Waals surface area contributed by atoms with Gasteiger partial charge in [0, 0.05) is 38.8 Å². The Kier molecular flexibility index (Phi) is 5.52. The predicted molar refractivity (Wildman–Crippen MR) is 109 cm³/mol. The molecule has 0 bridgehead atoms. The molecule has 140 valence electrons. The van der Waals surface area contributed by atoms with Crippen molar-refractivity contribution < 1.29 is 4.79 Å². The first-order valence-corrected chi connectivity index (χ1v) is 9.98. The number of carbonyl (C=O) groups excluding carboxylic acids is 1. The van der Waals surface area contributed by atoms with Crippen LogP contribution in [0.2, 0.25) is 0 Å². The molecule has 2 aromatic rings. The van der Waals surface area contributed by atoms with Crippen LogP contribution in [0.25, 0.3) is 5.57 Å². The molecule has 1 aliphatic carbocycles. The highest BCUT2D eigenvalue weighted by molar-refractivity contribution is 5.77. The first-order chi connectivity index (χ1) is 13.3. The standard InChI is InChI=1S/C23H27N3O/c27-23(26-16-14-25(15-17-26)22-8-4-5-13-24-22)18-19-9-11-21(12-10-19)20-6-2-1-3-7-20/h1-8,11,13,19H,9-10,12,14-18H2/t19-/m1/s1. The van der Waals surface area contributed by atoms with Gasteiger partial charge < -0.3 is 9.80 Å². The summed E-state index contributed by atoms with van der Waals surface area (Å²) in [5, 5.41) is 0. The van der Waals surface area contributed by atoms with Crippen molar-refractivity contribution in [3.05, 3.63) is 66.4 Å². The van der Waals surface area contributed by atoms with E-state index in [2.05, 4.69) is 46.3 Å². The van der Waals surface area contributed by atoms with Gasteiger partial charge in [-0.2, -0.15) is 0 Å². The molecular formula is C23H27N3O. The number of nitrogens with zero attached hydrogens (tertiary/aromatic N) is 3. The van der Waals surface area contributed by atoms with Gasteiger partial charge in [0.1, 0.15) is 5.82 Å². The maximum atomic E-state index is 12.7. The maximum Gasteiger partial charge on any atom is 0.222 e. The molecule has 4 nitrogen and oxygen atoms in total. The van der Waals surface area contributed by atoms with Gasteiger partial charge in [-0.05, 0) is 48.4 Å². The summed E-state index contributed by atoms with van der Waals surface area (Å²) in [7, 11) is 0. The van der Waals surface area contributed by atoms with Crippen LogP contribution in [0.15, 0.2) is 60.8 Å². The van der Waals surface area contributed by atoms with E-state index in [0.29, 0.717) is 18.2 Å². The zero-order valence-electron chi connectivity index (χ0n) is 15.8. The lowest BCUT2D eigenvalue weighted by atomic mass is 9.84. The minimum atomic E-state index is 0.317. The topological polar surface area (TPSA) is 36.4 Å². The molecular weight excluding hydrogens is 334 g/mol. The van der Waals surface area contributed by atoms with Crippen LogP contribution in [0.4, 0.5) is 5.82 Å². The zero-order valence-corrected chi connectivity index (χ0v) is 15.8. The Morgan fingerprint density at radius 2 is 1.78 bits per heavy atom. The molecule has 1 aromatic carbocycles. The molecule has 0 N–H and O–H groups in total. The third-order valence-corrected chi connectivity index (χ3v) is 5.73. The van der Waals surface area contributed by atoms with Gasteiger partial charge in [0.05, 0.1) is 0 Å². The van der Waals surface area contributed by atoms with E-state index in [1.165, 1.54) is 11.1 Å². The van der Waals surface area contributed by atoms with Crippen LogP contribution < -0.4 is 4.90 Å². The van der Waals surface area contributed by atoms with Crippen molar-refractivity contribution in [1.82, 2.24) is 9.88 Å². The van der Waals surface area contributed by atoms with Gasteiger partial charge in [-0.15, -0.1) is 0 Å². The summed E-state index contributed by atoms with van der Waals surface area (Å²) in [5.74, 6) is 1.81. The van der Waals surface area contributed by atoms with Gasteiger partial charge >= 0.3 is 0 Å². The van der Waals surface area contributed by atoms with Crippen molar-refractivity contribution in [2.24, 2.45) is 5.92 Å². The molecule has 0 spiro atoms. The normalized spacial score (nSPS) is 20.3. The molecule has 1 aromatic heterocycles. The van der Waals surface area contributed by atoms with E-state index in [0.717, 1.165) is 51.3 Å². The van der Waals surface area contributed by atoms with E-state index in [1.807, 2.05) is 29.3 Å². The highest BCUT2D eigenvalue weighted by Crippen LogP contribution is 2.32. The van der Waals surface area contributed by atoms with E-state index in [9.17, 15) is 4.79 Å². The van der Waals surface area contributed by atoms with Gasteiger partial charge in [-0.25, -0.2) is 4.98 Å². The van der Waals surface area contributed by atoms with E-state index in [1.54, 1.807) is 0 Å².